The van der Waals surface area contributed by atoms with Gasteiger partial charge in [-0.15, -0.1) is 0 Å². The molecule has 1 N–H and O–H groups in total. The number of aromatic amines is 1. The van der Waals surface area contributed by atoms with Crippen LogP contribution in [-0.2, 0) is 17.8 Å². The average molecular weight is 404 g/mol. The van der Waals surface area contributed by atoms with Crippen molar-refractivity contribution in [2.75, 3.05) is 6.54 Å². The Morgan fingerprint density at radius 2 is 1.93 bits per heavy atom. The van der Waals surface area contributed by atoms with E-state index in [1.807, 2.05) is 13.0 Å². The SMILES string of the molecule is CCN(Cc1nc2ccccc2c(=O)[nH]1)C(=O)CCc1nc(-c2ccncc2)no1. The number of aryl methyl sites for hydroxylation is 1. The molecule has 4 rings (SSSR count). The normalized spacial score (nSPS) is 11.0. The fourth-order valence-electron chi connectivity index (χ4n) is 3.11. The Bertz CT molecular complexity index is 1220. The molecule has 1 aromatic carbocycles. The molecule has 0 atom stereocenters. The van der Waals surface area contributed by atoms with E-state index in [2.05, 4.69) is 25.1 Å². The third kappa shape index (κ3) is 4.24. The van der Waals surface area contributed by atoms with Gasteiger partial charge in [-0.05, 0) is 31.2 Å². The average Bonchev–Trinajstić information content (AvgIpc) is 3.25. The molecule has 9 nitrogen and oxygen atoms in total. The van der Waals surface area contributed by atoms with E-state index in [0.29, 0.717) is 41.4 Å². The number of amides is 1. The van der Waals surface area contributed by atoms with Gasteiger partial charge in [0.25, 0.3) is 5.56 Å². The molecule has 0 fully saturated rings. The number of benzene rings is 1. The highest BCUT2D eigenvalue weighted by Crippen LogP contribution is 2.15. The summed E-state index contributed by atoms with van der Waals surface area (Å²) in [5.41, 5.74) is 1.19. The van der Waals surface area contributed by atoms with Gasteiger partial charge in [0.1, 0.15) is 5.82 Å². The zero-order valence-electron chi connectivity index (χ0n) is 16.4. The number of para-hydroxylation sites is 1. The maximum atomic E-state index is 12.7. The van der Waals surface area contributed by atoms with Crippen LogP contribution in [0.5, 0.6) is 0 Å². The monoisotopic (exact) mass is 404 g/mol. The number of carbonyl (C=O) groups excluding carboxylic acids is 1. The van der Waals surface area contributed by atoms with Crippen molar-refractivity contribution < 1.29 is 9.32 Å². The molecule has 0 unspecified atom stereocenters. The van der Waals surface area contributed by atoms with E-state index < -0.39 is 0 Å². The van der Waals surface area contributed by atoms with Crippen LogP contribution in [-0.4, -0.2) is 42.4 Å². The number of hydrogen-bond donors (Lipinski definition) is 1. The second-order valence-corrected chi connectivity index (χ2v) is 6.69. The number of nitrogens with zero attached hydrogens (tertiary/aromatic N) is 5. The summed E-state index contributed by atoms with van der Waals surface area (Å²) in [6.45, 7) is 2.59. The third-order valence-corrected chi connectivity index (χ3v) is 4.70. The summed E-state index contributed by atoms with van der Waals surface area (Å²) in [4.78, 5) is 42.1. The molecule has 1 amide bonds. The minimum atomic E-state index is -0.214. The fourth-order valence-corrected chi connectivity index (χ4v) is 3.11. The third-order valence-electron chi connectivity index (χ3n) is 4.70. The van der Waals surface area contributed by atoms with Crippen molar-refractivity contribution in [3.05, 3.63) is 70.9 Å². The maximum absolute atomic E-state index is 12.7. The molecule has 3 heterocycles. The molecule has 0 spiro atoms. The quantitative estimate of drug-likeness (QED) is 0.502. The Labute approximate surface area is 171 Å². The summed E-state index contributed by atoms with van der Waals surface area (Å²) >= 11 is 0. The van der Waals surface area contributed by atoms with Crippen LogP contribution in [0, 0.1) is 0 Å². The van der Waals surface area contributed by atoms with E-state index >= 15 is 0 Å². The Morgan fingerprint density at radius 3 is 2.73 bits per heavy atom. The van der Waals surface area contributed by atoms with Gasteiger partial charge in [-0.3, -0.25) is 14.6 Å². The number of fused-ring (bicyclic) bond motifs is 1. The first-order valence-corrected chi connectivity index (χ1v) is 9.62. The summed E-state index contributed by atoms with van der Waals surface area (Å²) in [5.74, 6) is 1.22. The molecule has 30 heavy (non-hydrogen) atoms. The number of nitrogens with one attached hydrogen (secondary N) is 1. The highest BCUT2D eigenvalue weighted by Gasteiger charge is 2.16. The van der Waals surface area contributed by atoms with E-state index in [4.69, 9.17) is 4.52 Å². The van der Waals surface area contributed by atoms with Crippen molar-refractivity contribution in [3.63, 3.8) is 0 Å². The van der Waals surface area contributed by atoms with Crippen molar-refractivity contribution >= 4 is 16.8 Å². The van der Waals surface area contributed by atoms with E-state index in [1.165, 1.54) is 0 Å². The van der Waals surface area contributed by atoms with E-state index in [-0.39, 0.29) is 24.4 Å². The van der Waals surface area contributed by atoms with E-state index in [1.54, 1.807) is 47.6 Å². The zero-order valence-corrected chi connectivity index (χ0v) is 16.4. The van der Waals surface area contributed by atoms with Gasteiger partial charge in [-0.2, -0.15) is 4.98 Å². The Balaban J connectivity index is 1.41. The lowest BCUT2D eigenvalue weighted by Crippen LogP contribution is -2.32. The van der Waals surface area contributed by atoms with Crippen molar-refractivity contribution in [2.24, 2.45) is 0 Å². The van der Waals surface area contributed by atoms with Crippen LogP contribution < -0.4 is 5.56 Å². The number of aromatic nitrogens is 5. The number of pyridine rings is 1. The highest BCUT2D eigenvalue weighted by molar-refractivity contribution is 5.78. The highest BCUT2D eigenvalue weighted by atomic mass is 16.5. The van der Waals surface area contributed by atoms with Gasteiger partial charge >= 0.3 is 0 Å². The predicted molar refractivity (Wildman–Crippen MR) is 109 cm³/mol. The lowest BCUT2D eigenvalue weighted by Gasteiger charge is -2.20. The standard InChI is InChI=1S/C21H20N6O3/c1-2-27(13-17-23-16-6-4-3-5-15(16)21(29)24-17)19(28)8-7-18-25-20(26-30-18)14-9-11-22-12-10-14/h3-6,9-12H,2,7-8,13H2,1H3,(H,23,24,29). The molecule has 0 saturated carbocycles. The van der Waals surface area contributed by atoms with Crippen molar-refractivity contribution in [3.8, 4) is 11.4 Å². The molecular weight excluding hydrogens is 384 g/mol. The van der Waals surface area contributed by atoms with Gasteiger partial charge in [0.2, 0.25) is 17.6 Å². The number of hydrogen-bond acceptors (Lipinski definition) is 7. The Morgan fingerprint density at radius 1 is 1.13 bits per heavy atom. The Kier molecular flexibility index (Phi) is 5.60. The van der Waals surface area contributed by atoms with Crippen LogP contribution in [0.15, 0.2) is 58.1 Å². The summed E-state index contributed by atoms with van der Waals surface area (Å²) in [6, 6.07) is 10.7. The molecule has 9 heteroatoms. The van der Waals surface area contributed by atoms with Gasteiger partial charge in [0.15, 0.2) is 0 Å². The van der Waals surface area contributed by atoms with Gasteiger partial charge in [0.05, 0.1) is 17.4 Å². The summed E-state index contributed by atoms with van der Waals surface area (Å²) in [5, 5.41) is 4.47. The molecule has 0 radical (unpaired) electrons. The van der Waals surface area contributed by atoms with Crippen molar-refractivity contribution in [1.82, 2.24) is 30.0 Å². The van der Waals surface area contributed by atoms with Crippen LogP contribution in [0.1, 0.15) is 25.1 Å². The van der Waals surface area contributed by atoms with E-state index in [0.717, 1.165) is 5.56 Å². The lowest BCUT2D eigenvalue weighted by atomic mass is 10.2. The topological polar surface area (TPSA) is 118 Å². The first-order chi connectivity index (χ1) is 14.6. The molecular formula is C21H20N6O3. The smallest absolute Gasteiger partial charge is 0.258 e. The summed E-state index contributed by atoms with van der Waals surface area (Å²) in [6.07, 6.45) is 3.84. The molecule has 3 aromatic heterocycles. The van der Waals surface area contributed by atoms with E-state index in [9.17, 15) is 9.59 Å². The minimum absolute atomic E-state index is 0.0861. The largest absolute Gasteiger partial charge is 0.339 e. The van der Waals surface area contributed by atoms with Crippen LogP contribution >= 0.6 is 0 Å². The summed E-state index contributed by atoms with van der Waals surface area (Å²) in [7, 11) is 0. The zero-order chi connectivity index (χ0) is 20.9. The lowest BCUT2D eigenvalue weighted by molar-refractivity contribution is -0.131. The maximum Gasteiger partial charge on any atom is 0.258 e. The predicted octanol–water partition coefficient (Wildman–Crippen LogP) is 2.35. The number of H-pyrrole nitrogens is 1. The first kappa shape index (κ1) is 19.4. The van der Waals surface area contributed by atoms with Gasteiger partial charge in [-0.1, -0.05) is 17.3 Å². The second kappa shape index (κ2) is 8.64. The second-order valence-electron chi connectivity index (χ2n) is 6.69. The Hall–Kier alpha value is -3.88. The molecule has 0 aliphatic rings. The molecule has 152 valence electrons. The number of carbonyl (C=O) groups is 1. The molecule has 0 bridgehead atoms. The van der Waals surface area contributed by atoms with Gasteiger partial charge in [-0.25, -0.2) is 4.98 Å². The fraction of sp³-hybridized carbons (Fsp3) is 0.238. The molecule has 0 aliphatic heterocycles. The van der Waals surface area contributed by atoms with Gasteiger partial charge < -0.3 is 14.4 Å². The van der Waals surface area contributed by atoms with Crippen LogP contribution in [0.25, 0.3) is 22.3 Å². The van der Waals surface area contributed by atoms with Crippen molar-refractivity contribution in [1.29, 1.82) is 0 Å². The van der Waals surface area contributed by atoms with Gasteiger partial charge in [0, 0.05) is 37.3 Å². The van der Waals surface area contributed by atoms with Crippen LogP contribution in [0.2, 0.25) is 0 Å². The summed E-state index contributed by atoms with van der Waals surface area (Å²) < 4.78 is 5.25. The molecule has 4 aromatic rings. The first-order valence-electron chi connectivity index (χ1n) is 9.62. The van der Waals surface area contributed by atoms with Crippen molar-refractivity contribution in [2.45, 2.75) is 26.3 Å². The number of rotatable bonds is 7. The molecule has 0 saturated heterocycles. The minimum Gasteiger partial charge on any atom is -0.339 e. The van der Waals surface area contributed by atoms with Crippen LogP contribution in [0.4, 0.5) is 0 Å². The van der Waals surface area contributed by atoms with Crippen LogP contribution in [0.3, 0.4) is 0 Å². The molecule has 0 aliphatic carbocycles.